The van der Waals surface area contributed by atoms with Gasteiger partial charge in [0.25, 0.3) is 5.56 Å². The van der Waals surface area contributed by atoms with Crippen LogP contribution in [0.3, 0.4) is 0 Å². The summed E-state index contributed by atoms with van der Waals surface area (Å²) in [5.74, 6) is 0.556. The summed E-state index contributed by atoms with van der Waals surface area (Å²) >= 11 is 0. The van der Waals surface area contributed by atoms with E-state index < -0.39 is 5.69 Å². The third-order valence-corrected chi connectivity index (χ3v) is 2.48. The fourth-order valence-electron chi connectivity index (χ4n) is 1.67. The van der Waals surface area contributed by atoms with Crippen molar-refractivity contribution in [1.82, 2.24) is 14.9 Å². The van der Waals surface area contributed by atoms with Crippen molar-refractivity contribution in [1.29, 1.82) is 5.41 Å². The summed E-state index contributed by atoms with van der Waals surface area (Å²) in [6, 6.07) is 0. The Labute approximate surface area is 85.5 Å². The SMILES string of the molecule is N=C1CCCN1Cc1c[nH]c(=O)[nH]c1=O. The maximum Gasteiger partial charge on any atom is 0.325 e. The molecule has 1 aromatic rings. The Kier molecular flexibility index (Phi) is 2.40. The van der Waals surface area contributed by atoms with Crippen LogP contribution in [0.2, 0.25) is 0 Å². The highest BCUT2D eigenvalue weighted by atomic mass is 16.2. The Bertz CT molecular complexity index is 487. The summed E-state index contributed by atoms with van der Waals surface area (Å²) in [7, 11) is 0. The van der Waals surface area contributed by atoms with Crippen molar-refractivity contribution in [2.75, 3.05) is 6.54 Å². The smallest absolute Gasteiger partial charge is 0.325 e. The first kappa shape index (κ1) is 9.70. The first-order chi connectivity index (χ1) is 7.16. The number of hydrogen-bond acceptors (Lipinski definition) is 3. The number of nitrogens with one attached hydrogen (secondary N) is 3. The van der Waals surface area contributed by atoms with Gasteiger partial charge in [-0.2, -0.15) is 0 Å². The number of likely N-dealkylation sites (tertiary alicyclic amines) is 1. The van der Waals surface area contributed by atoms with Crippen molar-refractivity contribution >= 4 is 5.84 Å². The second-order valence-corrected chi connectivity index (χ2v) is 3.57. The minimum absolute atomic E-state index is 0.376. The zero-order valence-electron chi connectivity index (χ0n) is 8.17. The Morgan fingerprint density at radius 1 is 1.47 bits per heavy atom. The number of aromatic amines is 2. The zero-order valence-corrected chi connectivity index (χ0v) is 8.17. The molecule has 1 saturated heterocycles. The maximum absolute atomic E-state index is 11.4. The van der Waals surface area contributed by atoms with E-state index in [0.29, 0.717) is 17.9 Å². The minimum atomic E-state index is -0.500. The molecule has 1 aliphatic heterocycles. The molecule has 2 rings (SSSR count). The molecule has 0 amide bonds. The van der Waals surface area contributed by atoms with Crippen LogP contribution < -0.4 is 11.2 Å². The summed E-state index contributed by atoms with van der Waals surface area (Å²) in [4.78, 5) is 28.6. The highest BCUT2D eigenvalue weighted by Gasteiger charge is 2.17. The number of nitrogens with zero attached hydrogens (tertiary/aromatic N) is 1. The molecule has 0 radical (unpaired) electrons. The van der Waals surface area contributed by atoms with E-state index in [1.54, 1.807) is 0 Å². The minimum Gasteiger partial charge on any atom is -0.356 e. The van der Waals surface area contributed by atoms with Crippen LogP contribution in [0, 0.1) is 5.41 Å². The molecule has 80 valence electrons. The molecule has 6 nitrogen and oxygen atoms in total. The van der Waals surface area contributed by atoms with Gasteiger partial charge in [0.2, 0.25) is 0 Å². The Morgan fingerprint density at radius 3 is 2.87 bits per heavy atom. The Balaban J connectivity index is 2.21. The third-order valence-electron chi connectivity index (χ3n) is 2.48. The van der Waals surface area contributed by atoms with E-state index in [1.165, 1.54) is 6.20 Å². The normalized spacial score (nSPS) is 16.0. The standard InChI is InChI=1S/C9H12N4O2/c10-7-2-1-3-13(7)5-6-4-11-9(15)12-8(6)14/h4,10H,1-3,5H2,(H2,11,12,14,15). The van der Waals surface area contributed by atoms with Crippen LogP contribution >= 0.6 is 0 Å². The van der Waals surface area contributed by atoms with Crippen molar-refractivity contribution < 1.29 is 0 Å². The number of rotatable bonds is 2. The molecular formula is C9H12N4O2. The van der Waals surface area contributed by atoms with Crippen LogP contribution in [0.1, 0.15) is 18.4 Å². The van der Waals surface area contributed by atoms with Gasteiger partial charge in [-0.05, 0) is 6.42 Å². The lowest BCUT2D eigenvalue weighted by molar-refractivity contribution is 0.442. The molecule has 0 atom stereocenters. The van der Waals surface area contributed by atoms with E-state index in [9.17, 15) is 9.59 Å². The van der Waals surface area contributed by atoms with Gasteiger partial charge in [0.15, 0.2) is 0 Å². The van der Waals surface area contributed by atoms with Crippen molar-refractivity contribution in [3.8, 4) is 0 Å². The molecular weight excluding hydrogens is 196 g/mol. The van der Waals surface area contributed by atoms with Gasteiger partial charge in [-0.15, -0.1) is 0 Å². The van der Waals surface area contributed by atoms with Crippen molar-refractivity contribution in [2.24, 2.45) is 0 Å². The molecule has 1 aromatic heterocycles. The molecule has 0 saturated carbocycles. The van der Waals surface area contributed by atoms with Gasteiger partial charge < -0.3 is 9.88 Å². The molecule has 0 bridgehead atoms. The number of amidine groups is 1. The number of hydrogen-bond donors (Lipinski definition) is 3. The quantitative estimate of drug-likeness (QED) is 0.619. The van der Waals surface area contributed by atoms with Crippen molar-refractivity contribution in [3.63, 3.8) is 0 Å². The second kappa shape index (κ2) is 3.72. The largest absolute Gasteiger partial charge is 0.356 e. The predicted molar refractivity (Wildman–Crippen MR) is 55.1 cm³/mol. The summed E-state index contributed by atoms with van der Waals surface area (Å²) in [6.07, 6.45) is 3.13. The molecule has 2 heterocycles. The highest BCUT2D eigenvalue weighted by molar-refractivity contribution is 5.80. The van der Waals surface area contributed by atoms with E-state index >= 15 is 0 Å². The van der Waals surface area contributed by atoms with Gasteiger partial charge in [0, 0.05) is 19.2 Å². The third kappa shape index (κ3) is 1.98. The highest BCUT2D eigenvalue weighted by Crippen LogP contribution is 2.11. The van der Waals surface area contributed by atoms with E-state index in [1.807, 2.05) is 4.90 Å². The molecule has 0 aromatic carbocycles. The van der Waals surface area contributed by atoms with Gasteiger partial charge in [-0.25, -0.2) is 4.79 Å². The average molecular weight is 208 g/mol. The lowest BCUT2D eigenvalue weighted by atomic mass is 10.3. The van der Waals surface area contributed by atoms with E-state index in [0.717, 1.165) is 19.4 Å². The van der Waals surface area contributed by atoms with Gasteiger partial charge in [0.05, 0.1) is 17.9 Å². The van der Waals surface area contributed by atoms with Crippen LogP contribution in [0.15, 0.2) is 15.8 Å². The molecule has 6 heteroatoms. The number of H-pyrrole nitrogens is 2. The van der Waals surface area contributed by atoms with Crippen molar-refractivity contribution in [2.45, 2.75) is 19.4 Å². The van der Waals surface area contributed by atoms with E-state index in [-0.39, 0.29) is 5.56 Å². The lowest BCUT2D eigenvalue weighted by Gasteiger charge is -2.16. The molecule has 15 heavy (non-hydrogen) atoms. The fraction of sp³-hybridized carbons (Fsp3) is 0.444. The summed E-state index contributed by atoms with van der Waals surface area (Å²) < 4.78 is 0. The fourth-order valence-corrected chi connectivity index (χ4v) is 1.67. The van der Waals surface area contributed by atoms with Gasteiger partial charge in [0.1, 0.15) is 0 Å². The summed E-state index contributed by atoms with van der Waals surface area (Å²) in [6.45, 7) is 1.20. The zero-order chi connectivity index (χ0) is 10.8. The van der Waals surface area contributed by atoms with Crippen LogP contribution in [0.5, 0.6) is 0 Å². The first-order valence-electron chi connectivity index (χ1n) is 4.80. The summed E-state index contributed by atoms with van der Waals surface area (Å²) in [5.41, 5.74) is -0.389. The lowest BCUT2D eigenvalue weighted by Crippen LogP contribution is -2.30. The molecule has 0 unspecified atom stereocenters. The van der Waals surface area contributed by atoms with Crippen LogP contribution in [0.4, 0.5) is 0 Å². The van der Waals surface area contributed by atoms with Crippen molar-refractivity contribution in [3.05, 3.63) is 32.6 Å². The monoisotopic (exact) mass is 208 g/mol. The maximum atomic E-state index is 11.4. The Morgan fingerprint density at radius 2 is 2.27 bits per heavy atom. The van der Waals surface area contributed by atoms with Gasteiger partial charge in [-0.3, -0.25) is 15.2 Å². The number of aromatic nitrogens is 2. The first-order valence-corrected chi connectivity index (χ1v) is 4.80. The molecule has 0 spiro atoms. The summed E-state index contributed by atoms with van der Waals surface area (Å²) in [5, 5.41) is 7.61. The van der Waals surface area contributed by atoms with Crippen LogP contribution in [-0.2, 0) is 6.54 Å². The molecule has 3 N–H and O–H groups in total. The van der Waals surface area contributed by atoms with E-state index in [4.69, 9.17) is 5.41 Å². The molecule has 1 aliphatic rings. The van der Waals surface area contributed by atoms with Crippen LogP contribution in [-0.4, -0.2) is 27.2 Å². The Hall–Kier alpha value is -1.85. The topological polar surface area (TPSA) is 92.8 Å². The molecule has 1 fully saturated rings. The van der Waals surface area contributed by atoms with E-state index in [2.05, 4.69) is 9.97 Å². The second-order valence-electron chi connectivity index (χ2n) is 3.57. The van der Waals surface area contributed by atoms with Crippen LogP contribution in [0.25, 0.3) is 0 Å². The van der Waals surface area contributed by atoms with Gasteiger partial charge in [-0.1, -0.05) is 0 Å². The predicted octanol–water partition coefficient (Wildman–Crippen LogP) is -0.364. The molecule has 0 aliphatic carbocycles. The van der Waals surface area contributed by atoms with Gasteiger partial charge >= 0.3 is 5.69 Å². The average Bonchev–Trinajstić information content (AvgIpc) is 2.57.